The third kappa shape index (κ3) is 8.57. The molecule has 0 aromatic carbocycles. The highest BCUT2D eigenvalue weighted by Gasteiger charge is 2.20. The Morgan fingerprint density at radius 3 is 2.35 bits per heavy atom. The molecule has 0 radical (unpaired) electrons. The van der Waals surface area contributed by atoms with Crippen LogP contribution in [0.15, 0.2) is 0 Å². The number of rotatable bonds is 8. The van der Waals surface area contributed by atoms with Crippen LogP contribution in [-0.2, 0) is 10.0 Å². The highest BCUT2D eigenvalue weighted by Crippen LogP contribution is 2.19. The van der Waals surface area contributed by atoms with Crippen LogP contribution in [0, 0.1) is 5.41 Å². The Labute approximate surface area is 106 Å². The Bertz CT molecular complexity index is 316. The number of nitrogens with one attached hydrogen (secondary N) is 2. The molecule has 0 aromatic heterocycles. The molecule has 0 unspecified atom stereocenters. The third-order valence-corrected chi connectivity index (χ3v) is 4.19. The molecule has 1 aliphatic rings. The molecule has 0 aromatic rings. The highest BCUT2D eigenvalue weighted by molar-refractivity contribution is 7.89. The molecule has 0 aliphatic heterocycles. The maximum Gasteiger partial charge on any atom is 0.211 e. The summed E-state index contributed by atoms with van der Waals surface area (Å²) in [6.45, 7) is 7.63. The van der Waals surface area contributed by atoms with Gasteiger partial charge in [0, 0.05) is 12.6 Å². The van der Waals surface area contributed by atoms with E-state index in [1.54, 1.807) is 0 Å². The van der Waals surface area contributed by atoms with Crippen LogP contribution >= 0.6 is 0 Å². The molecule has 0 bridgehead atoms. The van der Waals surface area contributed by atoms with Gasteiger partial charge in [0.05, 0.1) is 5.75 Å². The summed E-state index contributed by atoms with van der Waals surface area (Å²) in [5.41, 5.74) is 0.0717. The molecular weight excluding hydrogens is 236 g/mol. The van der Waals surface area contributed by atoms with Crippen molar-refractivity contribution in [2.75, 3.05) is 18.8 Å². The van der Waals surface area contributed by atoms with Crippen molar-refractivity contribution in [3.8, 4) is 0 Å². The Morgan fingerprint density at radius 2 is 1.82 bits per heavy atom. The van der Waals surface area contributed by atoms with Crippen LogP contribution in [0.1, 0.15) is 46.5 Å². The number of hydrogen-bond donors (Lipinski definition) is 2. The van der Waals surface area contributed by atoms with Crippen molar-refractivity contribution in [3.05, 3.63) is 0 Å². The van der Waals surface area contributed by atoms with Crippen LogP contribution < -0.4 is 10.0 Å². The van der Waals surface area contributed by atoms with Gasteiger partial charge in [-0.1, -0.05) is 20.8 Å². The van der Waals surface area contributed by atoms with Crippen LogP contribution in [0.25, 0.3) is 0 Å². The second-order valence-corrected chi connectivity index (χ2v) is 8.03. The lowest BCUT2D eigenvalue weighted by atomic mass is 9.94. The summed E-state index contributed by atoms with van der Waals surface area (Å²) in [6, 6.07) is 0.701. The smallest absolute Gasteiger partial charge is 0.211 e. The average Bonchev–Trinajstić information content (AvgIpc) is 2.97. The standard InChI is InChI=1S/C12H26N2O2S/c1-12(2,3)7-10-17(15,16)14-9-4-8-13-11-5-6-11/h11,13-14H,4-10H2,1-3H3. The van der Waals surface area contributed by atoms with E-state index in [1.807, 2.05) is 0 Å². The minimum absolute atomic E-state index is 0.0717. The van der Waals surface area contributed by atoms with E-state index in [4.69, 9.17) is 0 Å². The normalized spacial score (nSPS) is 17.4. The fourth-order valence-electron chi connectivity index (χ4n) is 1.42. The first-order valence-electron chi connectivity index (χ1n) is 6.49. The van der Waals surface area contributed by atoms with E-state index in [0.717, 1.165) is 13.0 Å². The largest absolute Gasteiger partial charge is 0.314 e. The summed E-state index contributed by atoms with van der Waals surface area (Å²) in [5, 5.41) is 3.36. The number of sulfonamides is 1. The van der Waals surface area contributed by atoms with Gasteiger partial charge in [-0.3, -0.25) is 0 Å². The van der Waals surface area contributed by atoms with Gasteiger partial charge in [0.25, 0.3) is 0 Å². The molecule has 0 spiro atoms. The lowest BCUT2D eigenvalue weighted by Gasteiger charge is -2.17. The summed E-state index contributed by atoms with van der Waals surface area (Å²) >= 11 is 0. The second-order valence-electron chi connectivity index (χ2n) is 6.11. The maximum atomic E-state index is 11.7. The predicted octanol–water partition coefficient (Wildman–Crippen LogP) is 1.48. The lowest BCUT2D eigenvalue weighted by molar-refractivity contribution is 0.396. The molecule has 102 valence electrons. The van der Waals surface area contributed by atoms with Gasteiger partial charge in [-0.05, 0) is 37.6 Å². The van der Waals surface area contributed by atoms with Crippen LogP contribution in [-0.4, -0.2) is 33.3 Å². The minimum atomic E-state index is -3.08. The monoisotopic (exact) mass is 262 g/mol. The topological polar surface area (TPSA) is 58.2 Å². The molecule has 0 saturated heterocycles. The molecular formula is C12H26N2O2S. The fourth-order valence-corrected chi connectivity index (χ4v) is 2.90. The average molecular weight is 262 g/mol. The van der Waals surface area contributed by atoms with Gasteiger partial charge < -0.3 is 5.32 Å². The van der Waals surface area contributed by atoms with Crippen LogP contribution in [0.5, 0.6) is 0 Å². The van der Waals surface area contributed by atoms with Crippen molar-refractivity contribution < 1.29 is 8.42 Å². The van der Waals surface area contributed by atoms with Gasteiger partial charge in [-0.15, -0.1) is 0 Å². The summed E-state index contributed by atoms with van der Waals surface area (Å²) in [4.78, 5) is 0. The molecule has 1 rings (SSSR count). The zero-order valence-corrected chi connectivity index (χ0v) is 12.1. The molecule has 0 heterocycles. The zero-order valence-electron chi connectivity index (χ0n) is 11.3. The fraction of sp³-hybridized carbons (Fsp3) is 1.00. The van der Waals surface area contributed by atoms with E-state index >= 15 is 0 Å². The maximum absolute atomic E-state index is 11.7. The second kappa shape index (κ2) is 6.16. The van der Waals surface area contributed by atoms with E-state index in [1.165, 1.54) is 12.8 Å². The summed E-state index contributed by atoms with van der Waals surface area (Å²) in [7, 11) is -3.08. The van der Waals surface area contributed by atoms with Gasteiger partial charge in [-0.25, -0.2) is 13.1 Å². The minimum Gasteiger partial charge on any atom is -0.314 e. The van der Waals surface area contributed by atoms with E-state index in [0.29, 0.717) is 19.0 Å². The molecule has 0 amide bonds. The van der Waals surface area contributed by atoms with Gasteiger partial charge in [0.2, 0.25) is 10.0 Å². The first-order valence-corrected chi connectivity index (χ1v) is 8.14. The molecule has 1 aliphatic carbocycles. The van der Waals surface area contributed by atoms with Gasteiger partial charge in [0.15, 0.2) is 0 Å². The zero-order chi connectivity index (χ0) is 12.9. The van der Waals surface area contributed by atoms with Crippen molar-refractivity contribution in [3.63, 3.8) is 0 Å². The summed E-state index contributed by atoms with van der Waals surface area (Å²) < 4.78 is 26.0. The van der Waals surface area contributed by atoms with Crippen LogP contribution in [0.2, 0.25) is 0 Å². The number of hydrogen-bond acceptors (Lipinski definition) is 3. The molecule has 4 nitrogen and oxygen atoms in total. The predicted molar refractivity (Wildman–Crippen MR) is 71.5 cm³/mol. The molecule has 2 N–H and O–H groups in total. The first-order chi connectivity index (χ1) is 7.79. The molecule has 0 atom stereocenters. The Morgan fingerprint density at radius 1 is 1.18 bits per heavy atom. The molecule has 5 heteroatoms. The van der Waals surface area contributed by atoms with Crippen LogP contribution in [0.3, 0.4) is 0 Å². The van der Waals surface area contributed by atoms with Gasteiger partial charge in [-0.2, -0.15) is 0 Å². The van der Waals surface area contributed by atoms with E-state index < -0.39 is 10.0 Å². The summed E-state index contributed by atoms with van der Waals surface area (Å²) in [5.74, 6) is 0.229. The van der Waals surface area contributed by atoms with E-state index in [9.17, 15) is 8.42 Å². The molecule has 1 saturated carbocycles. The highest BCUT2D eigenvalue weighted by atomic mass is 32.2. The van der Waals surface area contributed by atoms with Crippen molar-refractivity contribution in [1.82, 2.24) is 10.0 Å². The Kier molecular flexibility index (Phi) is 5.41. The van der Waals surface area contributed by atoms with Crippen molar-refractivity contribution in [2.45, 2.75) is 52.5 Å². The quantitative estimate of drug-likeness (QED) is 0.652. The summed E-state index contributed by atoms with van der Waals surface area (Å²) in [6.07, 6.45) is 4.11. The van der Waals surface area contributed by atoms with E-state index in [-0.39, 0.29) is 11.2 Å². The van der Waals surface area contributed by atoms with Crippen molar-refractivity contribution in [1.29, 1.82) is 0 Å². The molecule has 1 fully saturated rings. The lowest BCUT2D eigenvalue weighted by Crippen LogP contribution is -2.31. The van der Waals surface area contributed by atoms with Crippen molar-refractivity contribution in [2.24, 2.45) is 5.41 Å². The van der Waals surface area contributed by atoms with Gasteiger partial charge >= 0.3 is 0 Å². The first kappa shape index (κ1) is 14.9. The molecule has 17 heavy (non-hydrogen) atoms. The van der Waals surface area contributed by atoms with Gasteiger partial charge in [0.1, 0.15) is 0 Å². The third-order valence-electron chi connectivity index (χ3n) is 2.81. The Hall–Kier alpha value is -0.130. The van der Waals surface area contributed by atoms with E-state index in [2.05, 4.69) is 30.8 Å². The van der Waals surface area contributed by atoms with Crippen molar-refractivity contribution >= 4 is 10.0 Å². The SMILES string of the molecule is CC(C)(C)CCS(=O)(=O)NCCCNC1CC1. The van der Waals surface area contributed by atoms with Crippen LogP contribution in [0.4, 0.5) is 0 Å². The Balaban J connectivity index is 2.06.